The van der Waals surface area contributed by atoms with Crippen LogP contribution in [0.4, 0.5) is 18.3 Å². The Labute approximate surface area is 121 Å². The molecule has 1 heterocycles. The topological polar surface area (TPSA) is 71.5 Å². The highest BCUT2D eigenvalue weighted by atomic mass is 32.1. The van der Waals surface area contributed by atoms with E-state index in [1.807, 2.05) is 0 Å². The van der Waals surface area contributed by atoms with Crippen molar-refractivity contribution in [2.75, 3.05) is 5.32 Å². The van der Waals surface area contributed by atoms with E-state index in [4.69, 9.17) is 5.11 Å². The van der Waals surface area contributed by atoms with Crippen LogP contribution in [0.25, 0.3) is 0 Å². The predicted molar refractivity (Wildman–Crippen MR) is 69.5 cm³/mol. The zero-order valence-corrected chi connectivity index (χ0v) is 11.2. The molecule has 0 unspecified atom stereocenters. The number of anilines is 1. The number of alkyl halides is 3. The number of thiazole rings is 1. The van der Waals surface area contributed by atoms with E-state index in [2.05, 4.69) is 15.0 Å². The maximum atomic E-state index is 12.3. The molecular formula is C12H9F3N2O3S. The SMILES string of the molecule is O=C(O)c1csc(NCc2ccccc2OC(F)(F)F)n1. The molecule has 0 radical (unpaired) electrons. The fourth-order valence-corrected chi connectivity index (χ4v) is 2.18. The van der Waals surface area contributed by atoms with Gasteiger partial charge in [-0.1, -0.05) is 18.2 Å². The van der Waals surface area contributed by atoms with Gasteiger partial charge in [-0.25, -0.2) is 9.78 Å². The molecule has 0 aliphatic carbocycles. The number of nitrogens with one attached hydrogen (secondary N) is 1. The molecule has 5 nitrogen and oxygen atoms in total. The number of aromatic nitrogens is 1. The van der Waals surface area contributed by atoms with Crippen molar-refractivity contribution in [1.82, 2.24) is 4.98 Å². The van der Waals surface area contributed by atoms with Gasteiger partial charge >= 0.3 is 12.3 Å². The van der Waals surface area contributed by atoms with Gasteiger partial charge in [0, 0.05) is 17.5 Å². The zero-order chi connectivity index (χ0) is 15.5. The maximum Gasteiger partial charge on any atom is 0.573 e. The van der Waals surface area contributed by atoms with E-state index >= 15 is 0 Å². The van der Waals surface area contributed by atoms with Crippen LogP contribution in [0.1, 0.15) is 16.1 Å². The van der Waals surface area contributed by atoms with Crippen LogP contribution in [-0.4, -0.2) is 22.4 Å². The first-order chi connectivity index (χ1) is 9.85. The molecule has 112 valence electrons. The quantitative estimate of drug-likeness (QED) is 0.884. The van der Waals surface area contributed by atoms with Gasteiger partial charge in [0.25, 0.3) is 0 Å². The second kappa shape index (κ2) is 6.00. The minimum absolute atomic E-state index is 0.0266. The summed E-state index contributed by atoms with van der Waals surface area (Å²) < 4.78 is 40.7. The van der Waals surface area contributed by atoms with E-state index in [9.17, 15) is 18.0 Å². The first kappa shape index (κ1) is 15.1. The number of carbonyl (C=O) groups is 1. The summed E-state index contributed by atoms with van der Waals surface area (Å²) in [6.07, 6.45) is -4.77. The molecule has 1 aromatic carbocycles. The molecule has 0 aliphatic rings. The Hall–Kier alpha value is -2.29. The van der Waals surface area contributed by atoms with Gasteiger partial charge in [-0.3, -0.25) is 0 Å². The lowest BCUT2D eigenvalue weighted by Crippen LogP contribution is -2.18. The fourth-order valence-electron chi connectivity index (χ4n) is 1.50. The summed E-state index contributed by atoms with van der Waals surface area (Å²) in [5, 5.41) is 13.1. The summed E-state index contributed by atoms with van der Waals surface area (Å²) in [7, 11) is 0. The third kappa shape index (κ3) is 4.35. The Balaban J connectivity index is 2.07. The Morgan fingerprint density at radius 2 is 2.10 bits per heavy atom. The van der Waals surface area contributed by atoms with E-state index in [0.717, 1.165) is 11.3 Å². The predicted octanol–water partition coefficient (Wildman–Crippen LogP) is 3.35. The normalized spacial score (nSPS) is 11.2. The number of hydrogen-bond donors (Lipinski definition) is 2. The number of aromatic carboxylic acids is 1. The Morgan fingerprint density at radius 3 is 2.71 bits per heavy atom. The van der Waals surface area contributed by atoms with Crippen LogP contribution in [0, 0.1) is 0 Å². The largest absolute Gasteiger partial charge is 0.573 e. The number of carboxylic acid groups (broad SMARTS) is 1. The number of hydrogen-bond acceptors (Lipinski definition) is 5. The molecule has 0 fully saturated rings. The number of benzene rings is 1. The van der Waals surface area contributed by atoms with Crippen LogP contribution in [0.5, 0.6) is 5.75 Å². The van der Waals surface area contributed by atoms with Crippen molar-refractivity contribution >= 4 is 22.4 Å². The van der Waals surface area contributed by atoms with E-state index in [1.165, 1.54) is 23.6 Å². The van der Waals surface area contributed by atoms with Crippen molar-refractivity contribution in [1.29, 1.82) is 0 Å². The molecule has 0 spiro atoms. The van der Waals surface area contributed by atoms with Crippen molar-refractivity contribution < 1.29 is 27.8 Å². The smallest absolute Gasteiger partial charge is 0.476 e. The fraction of sp³-hybridized carbons (Fsp3) is 0.167. The Morgan fingerprint density at radius 1 is 1.38 bits per heavy atom. The number of para-hydroxylation sites is 1. The lowest BCUT2D eigenvalue weighted by Gasteiger charge is -2.13. The van der Waals surface area contributed by atoms with E-state index in [1.54, 1.807) is 6.07 Å². The summed E-state index contributed by atoms with van der Waals surface area (Å²) in [5.41, 5.74) is 0.157. The zero-order valence-electron chi connectivity index (χ0n) is 10.3. The van der Waals surface area contributed by atoms with Gasteiger partial charge in [0.1, 0.15) is 5.75 Å². The number of nitrogens with zero attached hydrogens (tertiary/aromatic N) is 1. The third-order valence-electron chi connectivity index (χ3n) is 2.35. The van der Waals surface area contributed by atoms with Crippen molar-refractivity contribution in [3.63, 3.8) is 0 Å². The van der Waals surface area contributed by atoms with Crippen molar-refractivity contribution in [3.05, 3.63) is 40.9 Å². The van der Waals surface area contributed by atoms with Gasteiger partial charge < -0.3 is 15.2 Å². The second-order valence-electron chi connectivity index (χ2n) is 3.85. The molecule has 0 amide bonds. The van der Waals surface area contributed by atoms with Crippen molar-refractivity contribution in [2.45, 2.75) is 12.9 Å². The molecule has 2 aromatic rings. The highest BCUT2D eigenvalue weighted by Gasteiger charge is 2.31. The Kier molecular flexibility index (Phi) is 4.32. The van der Waals surface area contributed by atoms with Crippen LogP contribution < -0.4 is 10.1 Å². The molecule has 21 heavy (non-hydrogen) atoms. The maximum absolute atomic E-state index is 12.3. The molecule has 0 saturated heterocycles. The van der Waals surface area contributed by atoms with Gasteiger partial charge in [-0.05, 0) is 6.07 Å². The molecule has 9 heteroatoms. The highest BCUT2D eigenvalue weighted by Crippen LogP contribution is 2.27. The molecule has 1 aromatic heterocycles. The lowest BCUT2D eigenvalue weighted by atomic mass is 10.2. The van der Waals surface area contributed by atoms with Crippen LogP contribution in [0.3, 0.4) is 0 Å². The molecule has 0 saturated carbocycles. The van der Waals surface area contributed by atoms with Crippen molar-refractivity contribution in [2.24, 2.45) is 0 Å². The highest BCUT2D eigenvalue weighted by molar-refractivity contribution is 7.13. The van der Waals surface area contributed by atoms with Crippen LogP contribution in [0.15, 0.2) is 29.6 Å². The lowest BCUT2D eigenvalue weighted by molar-refractivity contribution is -0.274. The molecule has 2 rings (SSSR count). The Bertz CT molecular complexity index is 643. The van der Waals surface area contributed by atoms with Crippen LogP contribution in [0.2, 0.25) is 0 Å². The third-order valence-corrected chi connectivity index (χ3v) is 3.15. The van der Waals surface area contributed by atoms with Gasteiger partial charge in [0.05, 0.1) is 0 Å². The summed E-state index contributed by atoms with van der Waals surface area (Å²) >= 11 is 1.05. The summed E-state index contributed by atoms with van der Waals surface area (Å²) in [6, 6.07) is 5.68. The first-order valence-electron chi connectivity index (χ1n) is 5.61. The minimum atomic E-state index is -4.77. The van der Waals surface area contributed by atoms with Gasteiger partial charge in [-0.2, -0.15) is 0 Å². The van der Waals surface area contributed by atoms with Gasteiger partial charge in [-0.15, -0.1) is 24.5 Å². The summed E-state index contributed by atoms with van der Waals surface area (Å²) in [4.78, 5) is 14.4. The van der Waals surface area contributed by atoms with Crippen molar-refractivity contribution in [3.8, 4) is 5.75 Å². The second-order valence-corrected chi connectivity index (χ2v) is 4.71. The molecular weight excluding hydrogens is 309 g/mol. The summed E-state index contributed by atoms with van der Waals surface area (Å²) in [6.45, 7) is 0.0266. The molecule has 0 atom stereocenters. The number of rotatable bonds is 5. The number of carboxylic acids is 1. The average Bonchev–Trinajstić information content (AvgIpc) is 2.85. The van der Waals surface area contributed by atoms with Gasteiger partial charge in [0.15, 0.2) is 10.8 Å². The van der Waals surface area contributed by atoms with E-state index in [0.29, 0.717) is 5.13 Å². The molecule has 2 N–H and O–H groups in total. The molecule has 0 aliphatic heterocycles. The first-order valence-corrected chi connectivity index (χ1v) is 6.49. The monoisotopic (exact) mass is 318 g/mol. The standard InChI is InChI=1S/C12H9F3N2O3S/c13-12(14,15)20-9-4-2-1-3-7(9)5-16-11-17-8(6-21-11)10(18)19/h1-4,6H,5H2,(H,16,17)(H,18,19). The minimum Gasteiger partial charge on any atom is -0.476 e. The van der Waals surface area contributed by atoms with E-state index in [-0.39, 0.29) is 23.6 Å². The average molecular weight is 318 g/mol. The van der Waals surface area contributed by atoms with Gasteiger partial charge in [0.2, 0.25) is 0 Å². The van der Waals surface area contributed by atoms with Crippen LogP contribution in [-0.2, 0) is 6.54 Å². The van der Waals surface area contributed by atoms with E-state index < -0.39 is 12.3 Å². The number of halogens is 3. The summed E-state index contributed by atoms with van der Waals surface area (Å²) in [5.74, 6) is -1.48. The number of ether oxygens (including phenoxy) is 1. The molecule has 0 bridgehead atoms. The van der Waals surface area contributed by atoms with Crippen LogP contribution >= 0.6 is 11.3 Å².